The molecular weight excluding hydrogens is 372 g/mol. The summed E-state index contributed by atoms with van der Waals surface area (Å²) in [7, 11) is 0. The Bertz CT molecular complexity index is 730. The van der Waals surface area contributed by atoms with Gasteiger partial charge in [0.15, 0.2) is 0 Å². The lowest BCUT2D eigenvalue weighted by Gasteiger charge is -2.23. The van der Waals surface area contributed by atoms with E-state index in [1.54, 1.807) is 29.3 Å². The molecule has 124 valence electrons. The topological polar surface area (TPSA) is 59.5 Å². The number of rotatable bonds is 4. The Labute approximate surface area is 148 Å². The number of benzene rings is 1. The number of halogens is 1. The van der Waals surface area contributed by atoms with Crippen LogP contribution in [0.1, 0.15) is 34.9 Å². The maximum Gasteiger partial charge on any atom is 0.340 e. The molecular formula is C18H17BrN2O3. The summed E-state index contributed by atoms with van der Waals surface area (Å²) in [5.74, 6) is -0.736. The zero-order chi connectivity index (χ0) is 16.9. The molecule has 0 N–H and O–H groups in total. The van der Waals surface area contributed by atoms with E-state index >= 15 is 0 Å². The molecule has 1 aliphatic rings. The molecule has 0 unspecified atom stereocenters. The normalized spacial score (nSPS) is 15.1. The number of nitrogens with zero attached hydrogens (tertiary/aromatic N) is 2. The van der Waals surface area contributed by atoms with Gasteiger partial charge in [-0.25, -0.2) is 4.79 Å². The minimum absolute atomic E-state index is 0.171. The molecule has 1 aliphatic heterocycles. The van der Waals surface area contributed by atoms with Crippen LogP contribution in [0.3, 0.4) is 0 Å². The van der Waals surface area contributed by atoms with Gasteiger partial charge in [0.25, 0.3) is 5.91 Å². The van der Waals surface area contributed by atoms with E-state index < -0.39 is 12.1 Å². The highest BCUT2D eigenvalue weighted by Crippen LogP contribution is 2.24. The molecule has 0 spiro atoms. The number of hydrogen-bond donors (Lipinski definition) is 0. The van der Waals surface area contributed by atoms with Crippen LogP contribution < -0.4 is 0 Å². The third kappa shape index (κ3) is 3.82. The average Bonchev–Trinajstić information content (AvgIpc) is 3.14. The molecule has 0 radical (unpaired) electrons. The molecule has 1 atom stereocenters. The molecule has 1 aromatic carbocycles. The van der Waals surface area contributed by atoms with Gasteiger partial charge in [0.2, 0.25) is 6.10 Å². The zero-order valence-electron chi connectivity index (χ0n) is 13.0. The molecule has 5 nitrogen and oxygen atoms in total. The summed E-state index contributed by atoms with van der Waals surface area (Å²) in [6.45, 7) is 1.41. The fourth-order valence-corrected chi connectivity index (χ4v) is 3.06. The van der Waals surface area contributed by atoms with Crippen LogP contribution in [0.15, 0.2) is 53.3 Å². The Morgan fingerprint density at radius 1 is 1.12 bits per heavy atom. The predicted molar refractivity (Wildman–Crippen MR) is 92.3 cm³/mol. The van der Waals surface area contributed by atoms with Crippen LogP contribution >= 0.6 is 15.9 Å². The highest BCUT2D eigenvalue weighted by molar-refractivity contribution is 9.10. The van der Waals surface area contributed by atoms with Gasteiger partial charge in [-0.1, -0.05) is 30.3 Å². The number of ether oxygens (including phenoxy) is 1. The van der Waals surface area contributed by atoms with Crippen LogP contribution in [0, 0.1) is 0 Å². The first-order chi connectivity index (χ1) is 11.6. The lowest BCUT2D eigenvalue weighted by molar-refractivity contribution is -0.140. The van der Waals surface area contributed by atoms with Crippen molar-refractivity contribution in [2.45, 2.75) is 18.9 Å². The molecule has 0 aliphatic carbocycles. The Morgan fingerprint density at radius 3 is 2.50 bits per heavy atom. The number of amides is 1. The second-order valence-electron chi connectivity index (χ2n) is 5.62. The molecule has 2 aromatic rings. The second-order valence-corrected chi connectivity index (χ2v) is 6.54. The van der Waals surface area contributed by atoms with E-state index in [1.165, 1.54) is 6.20 Å². The van der Waals surface area contributed by atoms with Crippen LogP contribution in [0.2, 0.25) is 0 Å². The van der Waals surface area contributed by atoms with Gasteiger partial charge >= 0.3 is 5.97 Å². The van der Waals surface area contributed by atoms with Crippen molar-refractivity contribution in [3.63, 3.8) is 0 Å². The van der Waals surface area contributed by atoms with E-state index in [0.29, 0.717) is 28.7 Å². The van der Waals surface area contributed by atoms with Crippen LogP contribution in [-0.2, 0) is 9.53 Å². The van der Waals surface area contributed by atoms with Gasteiger partial charge in [0.05, 0.1) is 5.56 Å². The summed E-state index contributed by atoms with van der Waals surface area (Å²) in [6, 6.07) is 10.7. The number of pyridine rings is 1. The smallest absolute Gasteiger partial charge is 0.340 e. The fraction of sp³-hybridized carbons (Fsp3) is 0.278. The van der Waals surface area contributed by atoms with E-state index in [-0.39, 0.29) is 5.91 Å². The maximum atomic E-state index is 12.8. The number of hydrogen-bond acceptors (Lipinski definition) is 4. The minimum Gasteiger partial charge on any atom is -0.444 e. The van der Waals surface area contributed by atoms with Gasteiger partial charge in [-0.3, -0.25) is 9.78 Å². The molecule has 24 heavy (non-hydrogen) atoms. The third-order valence-electron chi connectivity index (χ3n) is 3.91. The van der Waals surface area contributed by atoms with Gasteiger partial charge in [0.1, 0.15) is 0 Å². The summed E-state index contributed by atoms with van der Waals surface area (Å²) in [6.07, 6.45) is 4.04. The van der Waals surface area contributed by atoms with Crippen LogP contribution in [-0.4, -0.2) is 34.8 Å². The quantitative estimate of drug-likeness (QED) is 0.753. The molecule has 0 bridgehead atoms. The van der Waals surface area contributed by atoms with Crippen LogP contribution in [0.4, 0.5) is 0 Å². The highest BCUT2D eigenvalue weighted by Gasteiger charge is 2.31. The lowest BCUT2D eigenvalue weighted by Crippen LogP contribution is -2.34. The maximum absolute atomic E-state index is 12.8. The summed E-state index contributed by atoms with van der Waals surface area (Å²) >= 11 is 3.28. The molecule has 2 heterocycles. The Balaban J connectivity index is 1.84. The number of carbonyl (C=O) groups excluding carboxylic acids is 2. The van der Waals surface area contributed by atoms with Crippen molar-refractivity contribution in [1.82, 2.24) is 9.88 Å². The molecule has 1 aromatic heterocycles. The van der Waals surface area contributed by atoms with Crippen molar-refractivity contribution in [1.29, 1.82) is 0 Å². The van der Waals surface area contributed by atoms with Crippen molar-refractivity contribution in [3.8, 4) is 0 Å². The van der Waals surface area contributed by atoms with Gasteiger partial charge in [-0.05, 0) is 34.8 Å². The van der Waals surface area contributed by atoms with Gasteiger partial charge < -0.3 is 9.64 Å². The first-order valence-electron chi connectivity index (χ1n) is 7.80. The van der Waals surface area contributed by atoms with Crippen molar-refractivity contribution in [3.05, 3.63) is 64.4 Å². The Kier molecular flexibility index (Phi) is 5.25. The summed E-state index contributed by atoms with van der Waals surface area (Å²) in [5.41, 5.74) is 0.977. The van der Waals surface area contributed by atoms with Crippen LogP contribution in [0.5, 0.6) is 0 Å². The van der Waals surface area contributed by atoms with E-state index in [1.807, 2.05) is 18.2 Å². The van der Waals surface area contributed by atoms with Crippen molar-refractivity contribution < 1.29 is 14.3 Å². The number of carbonyl (C=O) groups is 2. The average molecular weight is 389 g/mol. The largest absolute Gasteiger partial charge is 0.444 e. The van der Waals surface area contributed by atoms with Crippen molar-refractivity contribution >= 4 is 27.8 Å². The fourth-order valence-electron chi connectivity index (χ4n) is 2.69. The van der Waals surface area contributed by atoms with Gasteiger partial charge in [0, 0.05) is 35.5 Å². The van der Waals surface area contributed by atoms with E-state index in [0.717, 1.165) is 12.8 Å². The second kappa shape index (κ2) is 7.57. The van der Waals surface area contributed by atoms with E-state index in [2.05, 4.69) is 20.9 Å². The van der Waals surface area contributed by atoms with Crippen LogP contribution in [0.25, 0.3) is 0 Å². The molecule has 0 saturated carbocycles. The molecule has 1 amide bonds. The van der Waals surface area contributed by atoms with Crippen molar-refractivity contribution in [2.75, 3.05) is 13.1 Å². The van der Waals surface area contributed by atoms with E-state index in [9.17, 15) is 9.59 Å². The predicted octanol–water partition coefficient (Wildman–Crippen LogP) is 3.36. The monoisotopic (exact) mass is 388 g/mol. The number of esters is 1. The standard InChI is InChI=1S/C18H17BrN2O3/c19-15-10-14(11-20-12-15)18(23)24-16(13-6-2-1-3-7-13)17(22)21-8-4-5-9-21/h1-3,6-7,10-12,16H,4-5,8-9H2/t16-/m1/s1. The number of aromatic nitrogens is 1. The summed E-state index contributed by atoms with van der Waals surface area (Å²) < 4.78 is 6.24. The van der Waals surface area contributed by atoms with Gasteiger partial charge in [-0.2, -0.15) is 0 Å². The zero-order valence-corrected chi connectivity index (χ0v) is 14.6. The molecule has 1 fully saturated rings. The summed E-state index contributed by atoms with van der Waals surface area (Å²) in [4.78, 5) is 31.0. The first-order valence-corrected chi connectivity index (χ1v) is 8.60. The molecule has 1 saturated heterocycles. The minimum atomic E-state index is -0.934. The Hall–Kier alpha value is -2.21. The van der Waals surface area contributed by atoms with E-state index in [4.69, 9.17) is 4.74 Å². The highest BCUT2D eigenvalue weighted by atomic mass is 79.9. The lowest BCUT2D eigenvalue weighted by atomic mass is 10.1. The Morgan fingerprint density at radius 2 is 1.83 bits per heavy atom. The summed E-state index contributed by atoms with van der Waals surface area (Å²) in [5, 5.41) is 0. The number of likely N-dealkylation sites (tertiary alicyclic amines) is 1. The van der Waals surface area contributed by atoms with Gasteiger partial charge in [-0.15, -0.1) is 0 Å². The first kappa shape index (κ1) is 16.6. The van der Waals surface area contributed by atoms with Crippen molar-refractivity contribution in [2.24, 2.45) is 0 Å². The SMILES string of the molecule is O=C(O[C@@H](C(=O)N1CCCC1)c1ccccc1)c1cncc(Br)c1. The molecule has 3 rings (SSSR count). The third-order valence-corrected chi connectivity index (χ3v) is 4.34. The molecule has 6 heteroatoms.